The quantitative estimate of drug-likeness (QED) is 0.338. The Labute approximate surface area is 66.0 Å². The first-order chi connectivity index (χ1) is 5.06. The van der Waals surface area contributed by atoms with Crippen LogP contribution in [0.2, 0.25) is 0 Å². The summed E-state index contributed by atoms with van der Waals surface area (Å²) in [5.41, 5.74) is -0.0927. The van der Waals surface area contributed by atoms with Gasteiger partial charge in [-0.1, -0.05) is 0 Å². The van der Waals surface area contributed by atoms with Crippen LogP contribution in [0.1, 0.15) is 13.8 Å². The van der Waals surface area contributed by atoms with Gasteiger partial charge in [-0.15, -0.1) is 0 Å². The molecule has 0 saturated carbocycles. The molecule has 1 heterocycles. The normalized spacial score (nSPS) is 27.0. The van der Waals surface area contributed by atoms with Gasteiger partial charge in [0.15, 0.2) is 0 Å². The fourth-order valence-electron chi connectivity index (χ4n) is 0.798. The van der Waals surface area contributed by atoms with Crippen LogP contribution in [0.25, 0.3) is 0 Å². The third-order valence-corrected chi connectivity index (χ3v) is 1.67. The number of ether oxygens (including phenoxy) is 2. The minimum Gasteiger partial charge on any atom is -0.466 e. The highest BCUT2D eigenvalue weighted by Gasteiger charge is 2.45. The van der Waals surface area contributed by atoms with Crippen molar-refractivity contribution in [2.75, 3.05) is 7.11 Å². The summed E-state index contributed by atoms with van der Waals surface area (Å²) < 4.78 is 9.62. The van der Waals surface area contributed by atoms with Crippen LogP contribution in [0.3, 0.4) is 0 Å². The van der Waals surface area contributed by atoms with Gasteiger partial charge in [-0.05, 0) is 19.9 Å². The first kappa shape index (κ1) is 8.27. The predicted octanol–water partition coefficient (Wildman–Crippen LogP) is 0.893. The Hall–Kier alpha value is -0.830. The fourth-order valence-corrected chi connectivity index (χ4v) is 0.798. The summed E-state index contributed by atoms with van der Waals surface area (Å²) in [6.45, 7) is 3.94. The molecule has 1 aliphatic heterocycles. The van der Waals surface area contributed by atoms with Gasteiger partial charge in [-0.25, -0.2) is 4.79 Å². The largest absolute Gasteiger partial charge is 0.466 e. The van der Waals surface area contributed by atoms with E-state index < -0.39 is 0 Å². The molecule has 3 heteroatoms. The van der Waals surface area contributed by atoms with Crippen LogP contribution in [0, 0.1) is 0 Å². The van der Waals surface area contributed by atoms with E-state index in [0.29, 0.717) is 0 Å². The van der Waals surface area contributed by atoms with E-state index in [1.807, 2.05) is 13.8 Å². The van der Waals surface area contributed by atoms with E-state index in [9.17, 15) is 4.79 Å². The Kier molecular flexibility index (Phi) is 2.00. The van der Waals surface area contributed by atoms with Gasteiger partial charge < -0.3 is 9.47 Å². The molecule has 3 nitrogen and oxygen atoms in total. The van der Waals surface area contributed by atoms with Crippen molar-refractivity contribution in [3.05, 3.63) is 12.2 Å². The zero-order valence-corrected chi connectivity index (χ0v) is 6.96. The van der Waals surface area contributed by atoms with Gasteiger partial charge in [0.2, 0.25) is 0 Å². The second kappa shape index (κ2) is 2.66. The molecule has 0 aliphatic carbocycles. The lowest BCUT2D eigenvalue weighted by atomic mass is 10.1. The zero-order chi connectivity index (χ0) is 8.48. The van der Waals surface area contributed by atoms with Crippen LogP contribution >= 0.6 is 0 Å². The number of epoxide rings is 1. The lowest BCUT2D eigenvalue weighted by molar-refractivity contribution is -0.134. The SMILES string of the molecule is COC(=O)/C=C/[C@@H]1OC1(C)C. The number of esters is 1. The lowest BCUT2D eigenvalue weighted by Crippen LogP contribution is -2.01. The maximum Gasteiger partial charge on any atom is 0.330 e. The number of hydrogen-bond acceptors (Lipinski definition) is 3. The van der Waals surface area contributed by atoms with Crippen molar-refractivity contribution in [1.82, 2.24) is 0 Å². The molecule has 0 amide bonds. The molecule has 1 atom stereocenters. The zero-order valence-electron chi connectivity index (χ0n) is 6.96. The van der Waals surface area contributed by atoms with Crippen molar-refractivity contribution in [1.29, 1.82) is 0 Å². The van der Waals surface area contributed by atoms with Crippen molar-refractivity contribution in [3.63, 3.8) is 0 Å². The van der Waals surface area contributed by atoms with Crippen LogP contribution in [0.5, 0.6) is 0 Å². The fraction of sp³-hybridized carbons (Fsp3) is 0.625. The van der Waals surface area contributed by atoms with E-state index in [4.69, 9.17) is 4.74 Å². The molecule has 1 aliphatic rings. The summed E-state index contributed by atoms with van der Waals surface area (Å²) in [4.78, 5) is 10.6. The van der Waals surface area contributed by atoms with E-state index >= 15 is 0 Å². The van der Waals surface area contributed by atoms with Gasteiger partial charge in [0.05, 0.1) is 12.7 Å². The van der Waals surface area contributed by atoms with E-state index in [0.717, 1.165) is 0 Å². The van der Waals surface area contributed by atoms with E-state index in [1.54, 1.807) is 6.08 Å². The molecule has 0 aromatic heterocycles. The third-order valence-electron chi connectivity index (χ3n) is 1.67. The number of carbonyl (C=O) groups is 1. The Morgan fingerprint density at radius 1 is 1.64 bits per heavy atom. The summed E-state index contributed by atoms with van der Waals surface area (Å²) in [5.74, 6) is -0.337. The average molecular weight is 156 g/mol. The van der Waals surface area contributed by atoms with E-state index in [-0.39, 0.29) is 17.7 Å². The Morgan fingerprint density at radius 3 is 2.55 bits per heavy atom. The maximum absolute atomic E-state index is 10.6. The minimum absolute atomic E-state index is 0.0709. The van der Waals surface area contributed by atoms with Gasteiger partial charge in [0.25, 0.3) is 0 Å². The standard InChI is InChI=1S/C8H12O3/c1-8(2)6(11-8)4-5-7(9)10-3/h4-6H,1-3H3/b5-4+/t6-/m0/s1. The molecule has 1 fully saturated rings. The van der Waals surface area contributed by atoms with Crippen LogP contribution in [-0.4, -0.2) is 24.8 Å². The minimum atomic E-state index is -0.337. The Balaban J connectivity index is 2.33. The second-order valence-electron chi connectivity index (χ2n) is 3.02. The van der Waals surface area contributed by atoms with E-state index in [1.165, 1.54) is 13.2 Å². The van der Waals surface area contributed by atoms with Crippen molar-refractivity contribution >= 4 is 5.97 Å². The second-order valence-corrected chi connectivity index (χ2v) is 3.02. The van der Waals surface area contributed by atoms with Crippen LogP contribution < -0.4 is 0 Å². The van der Waals surface area contributed by atoms with Crippen molar-refractivity contribution in [2.45, 2.75) is 25.6 Å². The Bertz CT molecular complexity index is 194. The molecule has 11 heavy (non-hydrogen) atoms. The average Bonchev–Trinajstić information content (AvgIpc) is 2.54. The first-order valence-corrected chi connectivity index (χ1v) is 3.50. The molecular weight excluding hydrogens is 144 g/mol. The highest BCUT2D eigenvalue weighted by Crippen LogP contribution is 2.35. The topological polar surface area (TPSA) is 38.8 Å². The Morgan fingerprint density at radius 2 is 2.18 bits per heavy atom. The van der Waals surface area contributed by atoms with Crippen molar-refractivity contribution < 1.29 is 14.3 Å². The molecule has 0 N–H and O–H groups in total. The van der Waals surface area contributed by atoms with Gasteiger partial charge in [-0.3, -0.25) is 0 Å². The smallest absolute Gasteiger partial charge is 0.330 e. The molecule has 62 valence electrons. The van der Waals surface area contributed by atoms with Crippen LogP contribution in [0.4, 0.5) is 0 Å². The summed E-state index contributed by atoms with van der Waals surface area (Å²) in [6, 6.07) is 0. The van der Waals surface area contributed by atoms with Crippen LogP contribution in [0.15, 0.2) is 12.2 Å². The van der Waals surface area contributed by atoms with Crippen molar-refractivity contribution in [3.8, 4) is 0 Å². The molecule has 0 spiro atoms. The molecular formula is C8H12O3. The molecule has 1 rings (SSSR count). The molecule has 0 unspecified atom stereocenters. The van der Waals surface area contributed by atoms with Gasteiger partial charge in [0.1, 0.15) is 6.10 Å². The van der Waals surface area contributed by atoms with Crippen LogP contribution in [-0.2, 0) is 14.3 Å². The van der Waals surface area contributed by atoms with E-state index in [2.05, 4.69) is 4.74 Å². The summed E-state index contributed by atoms with van der Waals surface area (Å²) >= 11 is 0. The maximum atomic E-state index is 10.6. The molecule has 0 radical (unpaired) electrons. The summed E-state index contributed by atoms with van der Waals surface area (Å²) in [5, 5.41) is 0. The number of methoxy groups -OCH3 is 1. The number of rotatable bonds is 2. The van der Waals surface area contributed by atoms with Gasteiger partial charge >= 0.3 is 5.97 Å². The first-order valence-electron chi connectivity index (χ1n) is 3.50. The number of hydrogen-bond donors (Lipinski definition) is 0. The number of carbonyl (C=O) groups excluding carboxylic acids is 1. The summed E-state index contributed by atoms with van der Waals surface area (Å²) in [7, 11) is 1.35. The monoisotopic (exact) mass is 156 g/mol. The highest BCUT2D eigenvalue weighted by atomic mass is 16.6. The molecule has 0 aromatic carbocycles. The molecule has 0 bridgehead atoms. The molecule has 1 saturated heterocycles. The van der Waals surface area contributed by atoms with Gasteiger partial charge in [-0.2, -0.15) is 0 Å². The highest BCUT2D eigenvalue weighted by molar-refractivity contribution is 5.81. The van der Waals surface area contributed by atoms with Crippen molar-refractivity contribution in [2.24, 2.45) is 0 Å². The molecule has 0 aromatic rings. The predicted molar refractivity (Wildman–Crippen MR) is 40.1 cm³/mol. The lowest BCUT2D eigenvalue weighted by Gasteiger charge is -1.89. The third kappa shape index (κ3) is 2.05. The summed E-state index contributed by atoms with van der Waals surface area (Å²) in [6.07, 6.45) is 3.17. The van der Waals surface area contributed by atoms with Gasteiger partial charge in [0, 0.05) is 6.08 Å².